The van der Waals surface area contributed by atoms with Crippen LogP contribution in [0.3, 0.4) is 0 Å². The number of nitrogens with zero attached hydrogens (tertiary/aromatic N) is 2. The van der Waals surface area contributed by atoms with Crippen LogP contribution in [0.25, 0.3) is 0 Å². The van der Waals surface area contributed by atoms with Gasteiger partial charge in [-0.15, -0.1) is 0 Å². The number of aromatic nitrogens is 2. The molecule has 5 heteroatoms. The van der Waals surface area contributed by atoms with E-state index in [1.807, 2.05) is 0 Å². The number of hydrogen-bond acceptors (Lipinski definition) is 2. The third-order valence-electron chi connectivity index (χ3n) is 3.02. The van der Waals surface area contributed by atoms with E-state index in [9.17, 15) is 14.0 Å². The molecule has 0 spiro atoms. The van der Waals surface area contributed by atoms with Crippen LogP contribution < -0.4 is 11.2 Å². The van der Waals surface area contributed by atoms with Crippen molar-refractivity contribution in [1.82, 2.24) is 9.13 Å². The molecule has 0 unspecified atom stereocenters. The summed E-state index contributed by atoms with van der Waals surface area (Å²) >= 11 is 0. The van der Waals surface area contributed by atoms with Crippen LogP contribution in [0.15, 0.2) is 40.1 Å². The highest BCUT2D eigenvalue weighted by Gasteiger charge is 2.07. The van der Waals surface area contributed by atoms with Gasteiger partial charge in [0.2, 0.25) is 0 Å². The Labute approximate surface area is 109 Å². The average molecular weight is 262 g/mol. The van der Waals surface area contributed by atoms with E-state index in [0.717, 1.165) is 5.56 Å². The third kappa shape index (κ3) is 2.81. The van der Waals surface area contributed by atoms with Crippen molar-refractivity contribution >= 4 is 0 Å². The maximum absolute atomic E-state index is 13.0. The molecular formula is C14H15FN2O2. The first-order chi connectivity index (χ1) is 8.99. The van der Waals surface area contributed by atoms with Gasteiger partial charge in [0, 0.05) is 25.4 Å². The number of rotatable bonds is 3. The molecule has 0 saturated carbocycles. The van der Waals surface area contributed by atoms with E-state index in [1.54, 1.807) is 26.1 Å². The lowest BCUT2D eigenvalue weighted by molar-refractivity contribution is 0.580. The number of halogens is 1. The van der Waals surface area contributed by atoms with Gasteiger partial charge in [0.15, 0.2) is 0 Å². The molecule has 100 valence electrons. The predicted octanol–water partition coefficient (Wildman–Crippen LogP) is 1.24. The van der Waals surface area contributed by atoms with Gasteiger partial charge in [-0.25, -0.2) is 9.18 Å². The van der Waals surface area contributed by atoms with Gasteiger partial charge in [-0.05, 0) is 31.0 Å². The van der Waals surface area contributed by atoms with Crippen molar-refractivity contribution in [2.45, 2.75) is 19.9 Å². The van der Waals surface area contributed by atoms with E-state index in [0.29, 0.717) is 12.0 Å². The zero-order chi connectivity index (χ0) is 14.0. The number of benzene rings is 1. The average Bonchev–Trinajstić information content (AvgIpc) is 2.36. The molecule has 0 fully saturated rings. The van der Waals surface area contributed by atoms with Crippen molar-refractivity contribution < 1.29 is 4.39 Å². The molecule has 1 aromatic heterocycles. The summed E-state index contributed by atoms with van der Waals surface area (Å²) in [4.78, 5) is 23.8. The molecule has 2 aromatic rings. The minimum Gasteiger partial charge on any atom is -0.303 e. The second-order valence-electron chi connectivity index (χ2n) is 4.54. The van der Waals surface area contributed by atoms with Gasteiger partial charge in [-0.1, -0.05) is 12.1 Å². The molecule has 0 saturated heterocycles. The van der Waals surface area contributed by atoms with Crippen LogP contribution in [0.1, 0.15) is 11.1 Å². The van der Waals surface area contributed by atoms with E-state index < -0.39 is 0 Å². The van der Waals surface area contributed by atoms with Crippen molar-refractivity contribution in [3.05, 3.63) is 68.2 Å². The predicted molar refractivity (Wildman–Crippen MR) is 70.8 cm³/mol. The zero-order valence-corrected chi connectivity index (χ0v) is 10.9. The highest BCUT2D eigenvalue weighted by Crippen LogP contribution is 2.04. The molecule has 1 heterocycles. The van der Waals surface area contributed by atoms with Crippen molar-refractivity contribution in [3.63, 3.8) is 0 Å². The van der Waals surface area contributed by atoms with Gasteiger partial charge in [-0.3, -0.25) is 9.36 Å². The van der Waals surface area contributed by atoms with E-state index in [1.165, 1.54) is 27.5 Å². The summed E-state index contributed by atoms with van der Waals surface area (Å²) in [5.41, 5.74) is 0.628. The Bertz CT molecular complexity index is 682. The van der Waals surface area contributed by atoms with Crippen molar-refractivity contribution in [1.29, 1.82) is 0 Å². The quantitative estimate of drug-likeness (QED) is 0.835. The summed E-state index contributed by atoms with van der Waals surface area (Å²) in [5.74, 6) is -0.318. The first kappa shape index (κ1) is 13.3. The van der Waals surface area contributed by atoms with Crippen molar-refractivity contribution in [2.75, 3.05) is 0 Å². The molecule has 1 aromatic carbocycles. The third-order valence-corrected chi connectivity index (χ3v) is 3.02. The largest absolute Gasteiger partial charge is 0.330 e. The van der Waals surface area contributed by atoms with Crippen LogP contribution in [0.2, 0.25) is 0 Å². The first-order valence-corrected chi connectivity index (χ1v) is 6.00. The fourth-order valence-corrected chi connectivity index (χ4v) is 2.02. The van der Waals surface area contributed by atoms with Gasteiger partial charge >= 0.3 is 5.69 Å². The van der Waals surface area contributed by atoms with Gasteiger partial charge in [0.05, 0.1) is 0 Å². The molecule has 4 nitrogen and oxygen atoms in total. The van der Waals surface area contributed by atoms with Gasteiger partial charge in [0.25, 0.3) is 5.56 Å². The number of hydrogen-bond donors (Lipinski definition) is 0. The Morgan fingerprint density at radius 1 is 1.26 bits per heavy atom. The molecule has 19 heavy (non-hydrogen) atoms. The molecule has 2 rings (SSSR count). The molecule has 0 amide bonds. The lowest BCUT2D eigenvalue weighted by atomic mass is 10.1. The number of aryl methyl sites for hydroxylation is 3. The minimum atomic E-state index is -0.355. The highest BCUT2D eigenvalue weighted by atomic mass is 19.1. The van der Waals surface area contributed by atoms with Crippen molar-refractivity contribution in [2.24, 2.45) is 7.05 Å². The van der Waals surface area contributed by atoms with E-state index in [4.69, 9.17) is 0 Å². The fraction of sp³-hybridized carbons (Fsp3) is 0.286. The summed E-state index contributed by atoms with van der Waals surface area (Å²) < 4.78 is 15.6. The van der Waals surface area contributed by atoms with E-state index in [-0.39, 0.29) is 23.6 Å². The molecular weight excluding hydrogens is 247 g/mol. The fourth-order valence-electron chi connectivity index (χ4n) is 2.02. The molecule has 0 aliphatic rings. The van der Waals surface area contributed by atoms with Crippen LogP contribution in [-0.2, 0) is 20.0 Å². The zero-order valence-electron chi connectivity index (χ0n) is 10.9. The summed E-state index contributed by atoms with van der Waals surface area (Å²) in [5, 5.41) is 0. The van der Waals surface area contributed by atoms with E-state index >= 15 is 0 Å². The molecule has 0 N–H and O–H groups in total. The molecule has 0 bridgehead atoms. The molecule has 0 aliphatic heterocycles. The monoisotopic (exact) mass is 262 g/mol. The van der Waals surface area contributed by atoms with Crippen LogP contribution in [-0.4, -0.2) is 9.13 Å². The summed E-state index contributed by atoms with van der Waals surface area (Å²) in [7, 11) is 1.60. The van der Waals surface area contributed by atoms with Crippen LogP contribution in [0.5, 0.6) is 0 Å². The van der Waals surface area contributed by atoms with Crippen LogP contribution in [0, 0.1) is 12.7 Å². The maximum Gasteiger partial charge on any atom is 0.330 e. The Morgan fingerprint density at radius 3 is 2.68 bits per heavy atom. The second kappa shape index (κ2) is 5.22. The first-order valence-electron chi connectivity index (χ1n) is 6.00. The smallest absolute Gasteiger partial charge is 0.303 e. The second-order valence-corrected chi connectivity index (χ2v) is 4.54. The molecule has 0 atom stereocenters. The minimum absolute atomic E-state index is 0.247. The topological polar surface area (TPSA) is 44.0 Å². The van der Waals surface area contributed by atoms with Crippen LogP contribution >= 0.6 is 0 Å². The van der Waals surface area contributed by atoms with Gasteiger partial charge in [0.1, 0.15) is 5.82 Å². The SMILES string of the molecule is Cc1cn(C)c(=O)n(CCc2cccc(F)c2)c1=O. The lowest BCUT2D eigenvalue weighted by Gasteiger charge is -2.08. The molecule has 0 radical (unpaired) electrons. The van der Waals surface area contributed by atoms with Gasteiger partial charge < -0.3 is 4.57 Å². The summed E-state index contributed by atoms with van der Waals surface area (Å²) in [6, 6.07) is 6.16. The van der Waals surface area contributed by atoms with Crippen LogP contribution in [0.4, 0.5) is 4.39 Å². The lowest BCUT2D eigenvalue weighted by Crippen LogP contribution is -2.40. The Kier molecular flexibility index (Phi) is 3.64. The normalized spacial score (nSPS) is 10.7. The summed E-state index contributed by atoms with van der Waals surface area (Å²) in [6.07, 6.45) is 1.96. The highest BCUT2D eigenvalue weighted by molar-refractivity contribution is 5.16. The van der Waals surface area contributed by atoms with Crippen molar-refractivity contribution in [3.8, 4) is 0 Å². The Morgan fingerprint density at radius 2 is 2.00 bits per heavy atom. The summed E-state index contributed by atoms with van der Waals surface area (Å²) in [6.45, 7) is 1.91. The van der Waals surface area contributed by atoms with Gasteiger partial charge in [-0.2, -0.15) is 0 Å². The standard InChI is InChI=1S/C14H15FN2O2/c1-10-9-16(2)14(19)17(13(10)18)7-6-11-4-3-5-12(15)8-11/h3-5,8-9H,6-7H2,1-2H3. The maximum atomic E-state index is 13.0. The Hall–Kier alpha value is -2.17. The van der Waals surface area contributed by atoms with E-state index in [2.05, 4.69) is 0 Å². The Balaban J connectivity index is 2.30. The molecule has 0 aliphatic carbocycles.